The van der Waals surface area contributed by atoms with Crippen molar-refractivity contribution in [3.8, 4) is 0 Å². The molecule has 2 heterocycles. The summed E-state index contributed by atoms with van der Waals surface area (Å²) in [5.74, 6) is -1.25. The average molecular weight is 422 g/mol. The molecule has 3 amide bonds. The molecule has 0 bridgehead atoms. The molecule has 7 nitrogen and oxygen atoms in total. The molecule has 2 N–H and O–H groups in total. The number of nitrogens with zero attached hydrogens (tertiary/aromatic N) is 1. The number of furan rings is 1. The summed E-state index contributed by atoms with van der Waals surface area (Å²) in [7, 11) is 0. The van der Waals surface area contributed by atoms with Gasteiger partial charge in [0.1, 0.15) is 12.1 Å². The molecule has 1 aromatic heterocycles. The lowest BCUT2D eigenvalue weighted by molar-refractivity contribution is -0.121. The Labute approximate surface area is 172 Å². The van der Waals surface area contributed by atoms with E-state index in [0.717, 1.165) is 12.1 Å². The first-order valence-corrected chi connectivity index (χ1v) is 9.66. The van der Waals surface area contributed by atoms with Gasteiger partial charge < -0.3 is 20.0 Å². The maximum absolute atomic E-state index is 13.0. The van der Waals surface area contributed by atoms with Crippen LogP contribution in [0, 0.1) is 5.82 Å². The van der Waals surface area contributed by atoms with Crippen LogP contribution in [0.25, 0.3) is 0 Å². The molecule has 2 aromatic rings. The summed E-state index contributed by atoms with van der Waals surface area (Å²) in [5.41, 5.74) is 0.674. The summed E-state index contributed by atoms with van der Waals surface area (Å²) < 4.78 is 18.0. The van der Waals surface area contributed by atoms with Gasteiger partial charge in [-0.3, -0.25) is 14.4 Å². The summed E-state index contributed by atoms with van der Waals surface area (Å²) in [6.07, 6.45) is 4.31. The summed E-state index contributed by atoms with van der Waals surface area (Å²) in [4.78, 5) is 38.2. The number of amides is 3. The van der Waals surface area contributed by atoms with E-state index < -0.39 is 11.7 Å². The Morgan fingerprint density at radius 2 is 1.97 bits per heavy atom. The van der Waals surface area contributed by atoms with Crippen LogP contribution in [0.3, 0.4) is 0 Å². The lowest BCUT2D eigenvalue weighted by atomic mass is 10.0. The van der Waals surface area contributed by atoms with E-state index in [4.69, 9.17) is 16.0 Å². The first-order valence-electron chi connectivity index (χ1n) is 9.28. The molecule has 1 aliphatic heterocycles. The van der Waals surface area contributed by atoms with Crippen molar-refractivity contribution in [3.63, 3.8) is 0 Å². The van der Waals surface area contributed by atoms with Crippen LogP contribution < -0.4 is 10.6 Å². The monoisotopic (exact) mass is 421 g/mol. The smallest absolute Gasteiger partial charge is 0.257 e. The molecule has 1 saturated heterocycles. The van der Waals surface area contributed by atoms with E-state index >= 15 is 0 Å². The molecule has 3 rings (SSSR count). The minimum atomic E-state index is -0.525. The van der Waals surface area contributed by atoms with E-state index in [1.165, 1.54) is 18.6 Å². The predicted molar refractivity (Wildman–Crippen MR) is 104 cm³/mol. The van der Waals surface area contributed by atoms with Crippen molar-refractivity contribution in [1.82, 2.24) is 15.5 Å². The van der Waals surface area contributed by atoms with Gasteiger partial charge in [-0.1, -0.05) is 11.6 Å². The maximum Gasteiger partial charge on any atom is 0.257 e. The highest BCUT2D eigenvalue weighted by Gasteiger charge is 2.25. The molecule has 0 spiro atoms. The van der Waals surface area contributed by atoms with Gasteiger partial charge in [0.05, 0.1) is 22.4 Å². The molecule has 29 heavy (non-hydrogen) atoms. The number of piperidine rings is 1. The van der Waals surface area contributed by atoms with Crippen LogP contribution in [0.2, 0.25) is 5.02 Å². The quantitative estimate of drug-likeness (QED) is 0.750. The fourth-order valence-electron chi connectivity index (χ4n) is 3.15. The third-order valence-corrected chi connectivity index (χ3v) is 5.04. The van der Waals surface area contributed by atoms with Gasteiger partial charge in [0.25, 0.3) is 11.8 Å². The van der Waals surface area contributed by atoms with Crippen molar-refractivity contribution in [2.75, 3.05) is 19.6 Å². The van der Waals surface area contributed by atoms with Crippen molar-refractivity contribution in [2.45, 2.75) is 25.3 Å². The van der Waals surface area contributed by atoms with Crippen molar-refractivity contribution in [2.24, 2.45) is 0 Å². The Balaban J connectivity index is 1.37. The first kappa shape index (κ1) is 20.9. The summed E-state index contributed by atoms with van der Waals surface area (Å²) in [6, 6.07) is 5.12. The van der Waals surface area contributed by atoms with Crippen LogP contribution in [0.1, 0.15) is 40.0 Å². The molecular formula is C20H21ClFN3O4. The molecule has 0 unspecified atom stereocenters. The number of carbonyl (C=O) groups is 3. The second kappa shape index (κ2) is 9.56. The third-order valence-electron chi connectivity index (χ3n) is 4.73. The van der Waals surface area contributed by atoms with E-state index in [-0.39, 0.29) is 41.4 Å². The normalized spacial score (nSPS) is 14.5. The van der Waals surface area contributed by atoms with Crippen LogP contribution in [0.15, 0.2) is 41.2 Å². The molecule has 1 fully saturated rings. The van der Waals surface area contributed by atoms with E-state index in [1.807, 2.05) is 0 Å². The molecule has 1 aromatic carbocycles. The van der Waals surface area contributed by atoms with E-state index in [9.17, 15) is 18.8 Å². The van der Waals surface area contributed by atoms with Crippen molar-refractivity contribution in [3.05, 3.63) is 58.8 Å². The number of benzene rings is 1. The summed E-state index contributed by atoms with van der Waals surface area (Å²) in [6.45, 7) is 1.24. The number of carbonyl (C=O) groups excluding carboxylic acids is 3. The molecular weight excluding hydrogens is 401 g/mol. The van der Waals surface area contributed by atoms with E-state index in [0.29, 0.717) is 31.5 Å². The van der Waals surface area contributed by atoms with Crippen molar-refractivity contribution in [1.29, 1.82) is 0 Å². The Hall–Kier alpha value is -2.87. The van der Waals surface area contributed by atoms with Crippen LogP contribution in [-0.4, -0.2) is 48.3 Å². The SMILES string of the molecule is O=C(CCNC(=O)c1ccc(F)cc1Cl)NC1CCN(C(=O)c2ccoc2)CC1. The number of hydrogen-bond acceptors (Lipinski definition) is 4. The number of nitrogens with one attached hydrogen (secondary N) is 2. The van der Waals surface area contributed by atoms with Crippen molar-refractivity contribution >= 4 is 29.3 Å². The standard InChI is InChI=1S/C20H21ClFN3O4/c21-17-11-14(22)1-2-16(17)19(27)23-7-3-18(26)24-15-4-8-25(9-5-15)20(28)13-6-10-29-12-13/h1-2,6,10-12,15H,3-5,7-9H2,(H,23,27)(H,24,26). The highest BCUT2D eigenvalue weighted by molar-refractivity contribution is 6.33. The fraction of sp³-hybridized carbons (Fsp3) is 0.350. The number of halogens is 2. The van der Waals surface area contributed by atoms with E-state index in [1.54, 1.807) is 11.0 Å². The third kappa shape index (κ3) is 5.57. The van der Waals surface area contributed by atoms with Crippen LogP contribution in [0.5, 0.6) is 0 Å². The topological polar surface area (TPSA) is 91.7 Å². The minimum absolute atomic E-state index is 0.0156. The maximum atomic E-state index is 13.0. The number of hydrogen-bond donors (Lipinski definition) is 2. The molecule has 0 aliphatic carbocycles. The highest BCUT2D eigenvalue weighted by atomic mass is 35.5. The fourth-order valence-corrected chi connectivity index (χ4v) is 3.41. The van der Waals surface area contributed by atoms with Gasteiger partial charge in [-0.05, 0) is 37.1 Å². The largest absolute Gasteiger partial charge is 0.472 e. The van der Waals surface area contributed by atoms with E-state index in [2.05, 4.69) is 10.6 Å². The molecule has 0 atom stereocenters. The highest BCUT2D eigenvalue weighted by Crippen LogP contribution is 2.17. The number of likely N-dealkylation sites (tertiary alicyclic amines) is 1. The average Bonchev–Trinajstić information content (AvgIpc) is 3.22. The molecule has 9 heteroatoms. The van der Waals surface area contributed by atoms with Crippen molar-refractivity contribution < 1.29 is 23.2 Å². The first-order chi connectivity index (χ1) is 13.9. The van der Waals surface area contributed by atoms with Crippen LogP contribution in [0.4, 0.5) is 4.39 Å². The van der Waals surface area contributed by atoms with Gasteiger partial charge in [-0.15, -0.1) is 0 Å². The van der Waals surface area contributed by atoms with Gasteiger partial charge in [-0.25, -0.2) is 4.39 Å². The lowest BCUT2D eigenvalue weighted by Gasteiger charge is -2.32. The van der Waals surface area contributed by atoms with Gasteiger partial charge in [-0.2, -0.15) is 0 Å². The Bertz CT molecular complexity index is 880. The molecule has 0 saturated carbocycles. The van der Waals surface area contributed by atoms with Crippen LogP contribution in [-0.2, 0) is 4.79 Å². The zero-order valence-corrected chi connectivity index (χ0v) is 16.4. The predicted octanol–water partition coefficient (Wildman–Crippen LogP) is 2.61. The molecule has 1 aliphatic rings. The zero-order valence-electron chi connectivity index (χ0n) is 15.6. The lowest BCUT2D eigenvalue weighted by Crippen LogP contribution is -2.46. The van der Waals surface area contributed by atoms with Crippen LogP contribution >= 0.6 is 11.6 Å². The Morgan fingerprint density at radius 1 is 1.21 bits per heavy atom. The molecule has 154 valence electrons. The zero-order chi connectivity index (χ0) is 20.8. The van der Waals surface area contributed by atoms with Gasteiger partial charge in [0, 0.05) is 32.1 Å². The Kier molecular flexibility index (Phi) is 6.87. The van der Waals surface area contributed by atoms with Gasteiger partial charge in [0.15, 0.2) is 0 Å². The second-order valence-corrected chi connectivity index (χ2v) is 7.18. The summed E-state index contributed by atoms with van der Waals surface area (Å²) >= 11 is 5.85. The summed E-state index contributed by atoms with van der Waals surface area (Å²) in [5, 5.41) is 5.54. The van der Waals surface area contributed by atoms with Gasteiger partial charge >= 0.3 is 0 Å². The molecule has 0 radical (unpaired) electrons. The minimum Gasteiger partial charge on any atom is -0.472 e. The number of rotatable bonds is 6. The van der Waals surface area contributed by atoms with Gasteiger partial charge in [0.2, 0.25) is 5.91 Å². The second-order valence-electron chi connectivity index (χ2n) is 6.78. The Morgan fingerprint density at radius 3 is 2.62 bits per heavy atom.